The Morgan fingerprint density at radius 3 is 2.41 bits per heavy atom. The summed E-state index contributed by atoms with van der Waals surface area (Å²) in [4.78, 5) is 30.2. The number of morpholine rings is 1. The number of ether oxygens (including phenoxy) is 2. The molecule has 0 saturated carbocycles. The van der Waals surface area contributed by atoms with Gasteiger partial charge in [-0.3, -0.25) is 19.4 Å². The Bertz CT molecular complexity index is 1050. The molecule has 2 amide bonds. The van der Waals surface area contributed by atoms with Crippen LogP contribution in [-0.4, -0.2) is 68.1 Å². The third-order valence-electron chi connectivity index (χ3n) is 5.67. The number of hydrogen-bond acceptors (Lipinski definition) is 6. The van der Waals surface area contributed by atoms with E-state index in [0.29, 0.717) is 53.9 Å². The van der Waals surface area contributed by atoms with E-state index in [0.717, 1.165) is 18.7 Å². The van der Waals surface area contributed by atoms with Crippen molar-refractivity contribution in [2.75, 3.05) is 51.8 Å². The average molecular weight is 456 g/mol. The van der Waals surface area contributed by atoms with Gasteiger partial charge in [-0.05, 0) is 30.7 Å². The SMILES string of the molecule is COc1ccc(NC2=C(c3ccc(C)cc3)C(=O)N(CCN3CCOCC3)C2=O)cc1Cl. The number of amides is 2. The lowest BCUT2D eigenvalue weighted by molar-refractivity contribution is -0.137. The van der Waals surface area contributed by atoms with Crippen LogP contribution in [0.25, 0.3) is 5.57 Å². The summed E-state index contributed by atoms with van der Waals surface area (Å²) in [6.07, 6.45) is 0. The van der Waals surface area contributed by atoms with E-state index in [1.54, 1.807) is 18.2 Å². The molecule has 1 saturated heterocycles. The molecular weight excluding hydrogens is 430 g/mol. The normalized spacial score (nSPS) is 17.3. The molecule has 0 spiro atoms. The molecule has 0 unspecified atom stereocenters. The van der Waals surface area contributed by atoms with E-state index in [-0.39, 0.29) is 17.5 Å². The first-order valence-electron chi connectivity index (χ1n) is 10.6. The number of benzene rings is 2. The number of methoxy groups -OCH3 is 1. The third-order valence-corrected chi connectivity index (χ3v) is 5.97. The largest absolute Gasteiger partial charge is 0.495 e. The molecule has 8 heteroatoms. The summed E-state index contributed by atoms with van der Waals surface area (Å²) in [5, 5.41) is 3.55. The monoisotopic (exact) mass is 455 g/mol. The zero-order chi connectivity index (χ0) is 22.7. The number of hydrogen-bond donors (Lipinski definition) is 1. The lowest BCUT2D eigenvalue weighted by Gasteiger charge is -2.28. The quantitative estimate of drug-likeness (QED) is 0.646. The first-order valence-corrected chi connectivity index (χ1v) is 10.9. The van der Waals surface area contributed by atoms with Crippen LogP contribution in [0, 0.1) is 6.92 Å². The summed E-state index contributed by atoms with van der Waals surface area (Å²) in [6, 6.07) is 12.7. The van der Waals surface area contributed by atoms with Crippen LogP contribution in [0.4, 0.5) is 5.69 Å². The van der Waals surface area contributed by atoms with Crippen molar-refractivity contribution < 1.29 is 19.1 Å². The van der Waals surface area contributed by atoms with Crippen LogP contribution in [0.15, 0.2) is 48.2 Å². The fourth-order valence-electron chi connectivity index (χ4n) is 3.84. The topological polar surface area (TPSA) is 71.1 Å². The van der Waals surface area contributed by atoms with Crippen molar-refractivity contribution in [2.45, 2.75) is 6.92 Å². The van der Waals surface area contributed by atoms with Crippen LogP contribution in [-0.2, 0) is 14.3 Å². The first kappa shape index (κ1) is 22.3. The second-order valence-corrected chi connectivity index (χ2v) is 8.21. The van der Waals surface area contributed by atoms with Crippen molar-refractivity contribution in [3.8, 4) is 5.75 Å². The zero-order valence-electron chi connectivity index (χ0n) is 18.2. The second-order valence-electron chi connectivity index (χ2n) is 7.81. The predicted molar refractivity (Wildman–Crippen MR) is 124 cm³/mol. The van der Waals surface area contributed by atoms with Crippen molar-refractivity contribution in [3.05, 3.63) is 64.3 Å². The average Bonchev–Trinajstić information content (AvgIpc) is 3.03. The number of carbonyl (C=O) groups excluding carboxylic acids is 2. The summed E-state index contributed by atoms with van der Waals surface area (Å²) < 4.78 is 10.6. The molecule has 168 valence electrons. The number of anilines is 1. The highest BCUT2D eigenvalue weighted by Gasteiger charge is 2.39. The van der Waals surface area contributed by atoms with Gasteiger partial charge in [0.15, 0.2) is 0 Å². The predicted octanol–water partition coefficient (Wildman–Crippen LogP) is 3.18. The summed E-state index contributed by atoms with van der Waals surface area (Å²) >= 11 is 6.26. The molecule has 2 aromatic carbocycles. The standard InChI is InChI=1S/C24H26ClN3O4/c1-16-3-5-17(6-4-16)21-22(26-18-7-8-20(31-2)19(25)15-18)24(30)28(23(21)29)10-9-27-11-13-32-14-12-27/h3-8,15,26H,9-14H2,1-2H3. The highest BCUT2D eigenvalue weighted by molar-refractivity contribution is 6.36. The van der Waals surface area contributed by atoms with Crippen molar-refractivity contribution >= 4 is 34.7 Å². The van der Waals surface area contributed by atoms with Gasteiger partial charge in [0.1, 0.15) is 11.4 Å². The minimum Gasteiger partial charge on any atom is -0.495 e. The Balaban J connectivity index is 1.63. The molecule has 4 rings (SSSR count). The van der Waals surface area contributed by atoms with Gasteiger partial charge >= 0.3 is 0 Å². The number of nitrogens with zero attached hydrogens (tertiary/aromatic N) is 2. The molecule has 0 radical (unpaired) electrons. The molecule has 1 fully saturated rings. The molecule has 7 nitrogen and oxygen atoms in total. The van der Waals surface area contributed by atoms with E-state index >= 15 is 0 Å². The van der Waals surface area contributed by atoms with Gasteiger partial charge in [-0.2, -0.15) is 0 Å². The first-order chi connectivity index (χ1) is 15.5. The van der Waals surface area contributed by atoms with Crippen LogP contribution < -0.4 is 10.1 Å². The molecule has 0 atom stereocenters. The van der Waals surface area contributed by atoms with Crippen molar-refractivity contribution in [1.29, 1.82) is 0 Å². The molecule has 2 heterocycles. The van der Waals surface area contributed by atoms with Gasteiger partial charge in [0.25, 0.3) is 11.8 Å². The lowest BCUT2D eigenvalue weighted by atomic mass is 10.0. The Morgan fingerprint density at radius 2 is 1.75 bits per heavy atom. The van der Waals surface area contributed by atoms with Gasteiger partial charge in [-0.25, -0.2) is 0 Å². The fraction of sp³-hybridized carbons (Fsp3) is 0.333. The maximum Gasteiger partial charge on any atom is 0.278 e. The molecule has 0 aromatic heterocycles. The second kappa shape index (κ2) is 9.73. The summed E-state index contributed by atoms with van der Waals surface area (Å²) in [7, 11) is 1.54. The fourth-order valence-corrected chi connectivity index (χ4v) is 4.10. The van der Waals surface area contributed by atoms with Crippen molar-refractivity contribution in [1.82, 2.24) is 9.80 Å². The third kappa shape index (κ3) is 4.65. The minimum atomic E-state index is -0.342. The summed E-state index contributed by atoms with van der Waals surface area (Å²) in [5.74, 6) is -0.106. The smallest absolute Gasteiger partial charge is 0.278 e. The van der Waals surface area contributed by atoms with Gasteiger partial charge in [0, 0.05) is 31.9 Å². The summed E-state index contributed by atoms with van der Waals surface area (Å²) in [5.41, 5.74) is 2.99. The Hall–Kier alpha value is -2.87. The van der Waals surface area contributed by atoms with Crippen molar-refractivity contribution in [3.63, 3.8) is 0 Å². The highest BCUT2D eigenvalue weighted by atomic mass is 35.5. The highest BCUT2D eigenvalue weighted by Crippen LogP contribution is 2.33. The van der Waals surface area contributed by atoms with E-state index in [9.17, 15) is 9.59 Å². The lowest BCUT2D eigenvalue weighted by Crippen LogP contribution is -2.43. The molecule has 2 aliphatic rings. The summed E-state index contributed by atoms with van der Waals surface area (Å²) in [6.45, 7) is 5.84. The van der Waals surface area contributed by atoms with E-state index in [1.807, 2.05) is 31.2 Å². The Labute approximate surface area is 192 Å². The molecule has 0 aliphatic carbocycles. The number of imide groups is 1. The maximum absolute atomic E-state index is 13.4. The van der Waals surface area contributed by atoms with Gasteiger partial charge in [-0.15, -0.1) is 0 Å². The number of carbonyl (C=O) groups is 2. The molecular formula is C24H26ClN3O4. The van der Waals surface area contributed by atoms with Gasteiger partial charge < -0.3 is 14.8 Å². The molecule has 0 bridgehead atoms. The van der Waals surface area contributed by atoms with E-state index in [1.165, 1.54) is 12.0 Å². The Kier molecular flexibility index (Phi) is 6.79. The van der Waals surface area contributed by atoms with Crippen LogP contribution >= 0.6 is 11.6 Å². The zero-order valence-corrected chi connectivity index (χ0v) is 18.9. The molecule has 2 aromatic rings. The van der Waals surface area contributed by atoms with Gasteiger partial charge in [-0.1, -0.05) is 41.4 Å². The minimum absolute atomic E-state index is 0.252. The van der Waals surface area contributed by atoms with Crippen LogP contribution in [0.2, 0.25) is 5.02 Å². The maximum atomic E-state index is 13.4. The van der Waals surface area contributed by atoms with Crippen molar-refractivity contribution in [2.24, 2.45) is 0 Å². The number of aryl methyl sites for hydroxylation is 1. The van der Waals surface area contributed by atoms with Crippen LogP contribution in [0.1, 0.15) is 11.1 Å². The van der Waals surface area contributed by atoms with E-state index in [2.05, 4.69) is 10.2 Å². The molecule has 32 heavy (non-hydrogen) atoms. The number of rotatable bonds is 7. The molecule has 2 aliphatic heterocycles. The van der Waals surface area contributed by atoms with Gasteiger partial charge in [0.05, 0.1) is 30.9 Å². The number of halogens is 1. The molecule has 1 N–H and O–H groups in total. The van der Waals surface area contributed by atoms with Crippen LogP contribution in [0.5, 0.6) is 5.75 Å². The van der Waals surface area contributed by atoms with E-state index in [4.69, 9.17) is 21.1 Å². The number of nitrogens with one attached hydrogen (secondary N) is 1. The van der Waals surface area contributed by atoms with Gasteiger partial charge in [0.2, 0.25) is 0 Å². The van der Waals surface area contributed by atoms with E-state index < -0.39 is 0 Å². The Morgan fingerprint density at radius 1 is 1.03 bits per heavy atom. The van der Waals surface area contributed by atoms with Crippen LogP contribution in [0.3, 0.4) is 0 Å².